The predicted octanol–water partition coefficient (Wildman–Crippen LogP) is 3.80. The van der Waals surface area contributed by atoms with Gasteiger partial charge < -0.3 is 5.11 Å². The average Bonchev–Trinajstić information content (AvgIpc) is 2.69. The number of hydrogen-bond donors (Lipinski definition) is 1. The Morgan fingerprint density at radius 1 is 1.50 bits per heavy atom. The molecule has 1 aliphatic rings. The van der Waals surface area contributed by atoms with Crippen molar-refractivity contribution in [3.63, 3.8) is 0 Å². The summed E-state index contributed by atoms with van der Waals surface area (Å²) in [7, 11) is 0. The zero-order chi connectivity index (χ0) is 14.9. The van der Waals surface area contributed by atoms with Gasteiger partial charge in [0.1, 0.15) is 0 Å². The lowest BCUT2D eigenvalue weighted by molar-refractivity contribution is -0.151. The standard InChI is InChI=1S/C15H23BrN2O2/c1-4-18-12(13(16)11(3)17-18)9-15(14(19)20)7-5-10(2)6-8-15/h10H,4-9H2,1-3H3,(H,19,20). The van der Waals surface area contributed by atoms with Crippen LogP contribution in [0.4, 0.5) is 0 Å². The smallest absolute Gasteiger partial charge is 0.310 e. The molecule has 1 aromatic heterocycles. The molecular formula is C15H23BrN2O2. The summed E-state index contributed by atoms with van der Waals surface area (Å²) in [4.78, 5) is 11.9. The van der Waals surface area contributed by atoms with Crippen molar-refractivity contribution in [3.05, 3.63) is 15.9 Å². The minimum Gasteiger partial charge on any atom is -0.481 e. The fourth-order valence-corrected chi connectivity index (χ4v) is 3.56. The summed E-state index contributed by atoms with van der Waals surface area (Å²) in [5.74, 6) is -0.0125. The first-order valence-electron chi connectivity index (χ1n) is 7.35. The highest BCUT2D eigenvalue weighted by atomic mass is 79.9. The summed E-state index contributed by atoms with van der Waals surface area (Å²) in [6.07, 6.45) is 4.12. The van der Waals surface area contributed by atoms with E-state index in [1.54, 1.807) is 0 Å². The van der Waals surface area contributed by atoms with Crippen LogP contribution in [0.3, 0.4) is 0 Å². The van der Waals surface area contributed by atoms with E-state index >= 15 is 0 Å². The molecule has 0 saturated heterocycles. The first kappa shape index (κ1) is 15.5. The average molecular weight is 343 g/mol. The van der Waals surface area contributed by atoms with Gasteiger partial charge in [-0.25, -0.2) is 0 Å². The number of nitrogens with zero attached hydrogens (tertiary/aromatic N) is 2. The van der Waals surface area contributed by atoms with Crippen molar-refractivity contribution in [2.75, 3.05) is 0 Å². The van der Waals surface area contributed by atoms with Crippen LogP contribution in [0.2, 0.25) is 0 Å². The highest BCUT2D eigenvalue weighted by Crippen LogP contribution is 2.43. The number of halogens is 1. The molecule has 4 nitrogen and oxygen atoms in total. The second-order valence-electron chi connectivity index (χ2n) is 6.11. The van der Waals surface area contributed by atoms with Crippen molar-refractivity contribution in [2.24, 2.45) is 11.3 Å². The first-order valence-corrected chi connectivity index (χ1v) is 8.14. The molecule has 0 unspecified atom stereocenters. The molecule has 0 aromatic carbocycles. The number of aliphatic carboxylic acids is 1. The number of aromatic nitrogens is 2. The Balaban J connectivity index is 2.32. The Bertz CT molecular complexity index is 502. The van der Waals surface area contributed by atoms with Crippen molar-refractivity contribution in [1.29, 1.82) is 0 Å². The molecule has 1 N–H and O–H groups in total. The number of carboxylic acids is 1. The lowest BCUT2D eigenvalue weighted by atomic mass is 9.68. The van der Waals surface area contributed by atoms with E-state index in [4.69, 9.17) is 0 Å². The van der Waals surface area contributed by atoms with E-state index < -0.39 is 11.4 Å². The molecule has 1 fully saturated rings. The lowest BCUT2D eigenvalue weighted by Crippen LogP contribution is -2.37. The van der Waals surface area contributed by atoms with Crippen LogP contribution < -0.4 is 0 Å². The third-order valence-electron chi connectivity index (χ3n) is 4.64. The van der Waals surface area contributed by atoms with Crippen LogP contribution in [-0.4, -0.2) is 20.9 Å². The maximum absolute atomic E-state index is 11.9. The van der Waals surface area contributed by atoms with Crippen LogP contribution in [0.1, 0.15) is 50.9 Å². The Morgan fingerprint density at radius 2 is 2.10 bits per heavy atom. The molecule has 5 heteroatoms. The monoisotopic (exact) mass is 342 g/mol. The van der Waals surface area contributed by atoms with E-state index in [-0.39, 0.29) is 0 Å². The first-order chi connectivity index (χ1) is 9.39. The molecule has 0 spiro atoms. The molecule has 0 aliphatic heterocycles. The van der Waals surface area contributed by atoms with Gasteiger partial charge in [-0.15, -0.1) is 0 Å². The van der Waals surface area contributed by atoms with Crippen LogP contribution in [0.5, 0.6) is 0 Å². The van der Waals surface area contributed by atoms with E-state index in [0.29, 0.717) is 12.3 Å². The zero-order valence-electron chi connectivity index (χ0n) is 12.4. The number of carboxylic acid groups (broad SMARTS) is 1. The number of aryl methyl sites for hydroxylation is 2. The Hall–Kier alpha value is -0.840. The van der Waals surface area contributed by atoms with Gasteiger partial charge in [-0.2, -0.15) is 5.10 Å². The molecule has 1 heterocycles. The fourth-order valence-electron chi connectivity index (χ4n) is 3.14. The van der Waals surface area contributed by atoms with Gasteiger partial charge in [0.25, 0.3) is 0 Å². The molecule has 2 rings (SSSR count). The Kier molecular flexibility index (Phi) is 4.57. The number of carbonyl (C=O) groups is 1. The van der Waals surface area contributed by atoms with E-state index in [9.17, 15) is 9.90 Å². The summed E-state index contributed by atoms with van der Waals surface area (Å²) in [6.45, 7) is 6.98. The number of rotatable bonds is 4. The summed E-state index contributed by atoms with van der Waals surface area (Å²) < 4.78 is 2.90. The molecule has 1 saturated carbocycles. The maximum atomic E-state index is 11.9. The number of hydrogen-bond acceptors (Lipinski definition) is 2. The highest BCUT2D eigenvalue weighted by Gasteiger charge is 2.42. The topological polar surface area (TPSA) is 55.1 Å². The summed E-state index contributed by atoms with van der Waals surface area (Å²) >= 11 is 3.58. The minimum absolute atomic E-state index is 0.574. The molecule has 1 aliphatic carbocycles. The van der Waals surface area contributed by atoms with Crippen LogP contribution >= 0.6 is 15.9 Å². The molecular weight excluding hydrogens is 320 g/mol. The molecule has 112 valence electrons. The molecule has 20 heavy (non-hydrogen) atoms. The largest absolute Gasteiger partial charge is 0.481 e. The van der Waals surface area contributed by atoms with E-state index in [1.807, 2.05) is 18.5 Å². The van der Waals surface area contributed by atoms with Gasteiger partial charge in [0.05, 0.1) is 21.3 Å². The van der Waals surface area contributed by atoms with Crippen LogP contribution in [0.15, 0.2) is 4.47 Å². The zero-order valence-corrected chi connectivity index (χ0v) is 14.0. The van der Waals surface area contributed by atoms with E-state index in [0.717, 1.165) is 48.1 Å². The van der Waals surface area contributed by atoms with Crippen molar-refractivity contribution in [3.8, 4) is 0 Å². The van der Waals surface area contributed by atoms with Crippen molar-refractivity contribution in [2.45, 2.75) is 59.4 Å². The van der Waals surface area contributed by atoms with Gasteiger partial charge >= 0.3 is 5.97 Å². The lowest BCUT2D eigenvalue weighted by Gasteiger charge is -2.36. The second kappa shape index (κ2) is 5.88. The quantitative estimate of drug-likeness (QED) is 0.905. The molecule has 0 radical (unpaired) electrons. The normalized spacial score (nSPS) is 26.7. The highest BCUT2D eigenvalue weighted by molar-refractivity contribution is 9.10. The van der Waals surface area contributed by atoms with Gasteiger partial charge in [0.15, 0.2) is 0 Å². The van der Waals surface area contributed by atoms with Crippen LogP contribution in [0.25, 0.3) is 0 Å². The van der Waals surface area contributed by atoms with E-state index in [1.165, 1.54) is 0 Å². The van der Waals surface area contributed by atoms with Crippen LogP contribution in [0, 0.1) is 18.3 Å². The van der Waals surface area contributed by atoms with Gasteiger partial charge in [0, 0.05) is 13.0 Å². The summed E-state index contributed by atoms with van der Waals surface area (Å²) in [6, 6.07) is 0. The Labute approximate surface area is 128 Å². The molecule has 0 bridgehead atoms. The van der Waals surface area contributed by atoms with Crippen molar-refractivity contribution < 1.29 is 9.90 Å². The van der Waals surface area contributed by atoms with Gasteiger partial charge in [0.2, 0.25) is 0 Å². The second-order valence-corrected chi connectivity index (χ2v) is 6.90. The third kappa shape index (κ3) is 2.78. The SMILES string of the molecule is CCn1nc(C)c(Br)c1CC1(C(=O)O)CCC(C)CC1. The van der Waals surface area contributed by atoms with Gasteiger partial charge in [-0.1, -0.05) is 6.92 Å². The van der Waals surface area contributed by atoms with Gasteiger partial charge in [-0.3, -0.25) is 9.48 Å². The van der Waals surface area contributed by atoms with Crippen LogP contribution in [-0.2, 0) is 17.8 Å². The Morgan fingerprint density at radius 3 is 2.60 bits per heavy atom. The minimum atomic E-state index is -0.655. The summed E-state index contributed by atoms with van der Waals surface area (Å²) in [5.41, 5.74) is 1.35. The summed E-state index contributed by atoms with van der Waals surface area (Å²) in [5, 5.41) is 14.2. The van der Waals surface area contributed by atoms with Crippen molar-refractivity contribution >= 4 is 21.9 Å². The van der Waals surface area contributed by atoms with Gasteiger partial charge in [-0.05, 0) is 61.4 Å². The van der Waals surface area contributed by atoms with E-state index in [2.05, 4.69) is 28.0 Å². The third-order valence-corrected chi connectivity index (χ3v) is 5.68. The van der Waals surface area contributed by atoms with Crippen molar-refractivity contribution in [1.82, 2.24) is 9.78 Å². The molecule has 1 aromatic rings. The molecule has 0 amide bonds. The maximum Gasteiger partial charge on any atom is 0.310 e. The molecule has 0 atom stereocenters. The fraction of sp³-hybridized carbons (Fsp3) is 0.733. The predicted molar refractivity (Wildman–Crippen MR) is 81.7 cm³/mol.